The van der Waals surface area contributed by atoms with Crippen LogP contribution in [0.25, 0.3) is 11.1 Å². The van der Waals surface area contributed by atoms with Crippen molar-refractivity contribution in [2.45, 2.75) is 61.8 Å². The third-order valence-electron chi connectivity index (χ3n) is 5.03. The number of hydrogen-bond acceptors (Lipinski definition) is 4. The van der Waals surface area contributed by atoms with E-state index < -0.39 is 20.9 Å². The molecular formula is C21H29FN2O2S2. The first-order valence-corrected chi connectivity index (χ1v) is 11.9. The molecule has 0 unspecified atom stereocenters. The van der Waals surface area contributed by atoms with Crippen LogP contribution in [0.5, 0.6) is 0 Å². The fraction of sp³-hybridized carbons (Fsp3) is 0.429. The number of hydrogen-bond donors (Lipinski definition) is 2. The van der Waals surface area contributed by atoms with Crippen molar-refractivity contribution < 1.29 is 12.8 Å². The van der Waals surface area contributed by atoms with Gasteiger partial charge in [0.15, 0.2) is 0 Å². The lowest BCUT2D eigenvalue weighted by Gasteiger charge is -2.30. The number of alkyl halides is 1. The molecule has 0 heterocycles. The molecule has 1 aliphatic carbocycles. The standard InChI is InChI=1S/C18H20FNS.C3H9NO2S/c19-18(12-2-1-3-13-18)16-8-4-14(5-9-16)15-6-10-17(21-20)11-7-15;1-3(2)7(4,5)6/h4-11H,1-3,12-13,20H2;3H,1-2H3,(H2,4,5,6). The summed E-state index contributed by atoms with van der Waals surface area (Å²) >= 11 is 1.24. The molecule has 28 heavy (non-hydrogen) atoms. The van der Waals surface area contributed by atoms with Crippen molar-refractivity contribution in [3.8, 4) is 11.1 Å². The van der Waals surface area contributed by atoms with Gasteiger partial charge in [-0.25, -0.2) is 17.9 Å². The molecule has 0 saturated heterocycles. The molecular weight excluding hydrogens is 395 g/mol. The van der Waals surface area contributed by atoms with Gasteiger partial charge < -0.3 is 0 Å². The molecule has 1 aliphatic rings. The van der Waals surface area contributed by atoms with Crippen LogP contribution in [0.2, 0.25) is 0 Å². The van der Waals surface area contributed by atoms with Gasteiger partial charge in [0.2, 0.25) is 10.0 Å². The van der Waals surface area contributed by atoms with E-state index in [1.807, 2.05) is 36.4 Å². The van der Waals surface area contributed by atoms with Gasteiger partial charge in [-0.2, -0.15) is 0 Å². The van der Waals surface area contributed by atoms with Crippen molar-refractivity contribution in [1.29, 1.82) is 0 Å². The molecule has 0 aromatic heterocycles. The zero-order valence-corrected chi connectivity index (χ0v) is 18.0. The number of primary sulfonamides is 1. The van der Waals surface area contributed by atoms with Gasteiger partial charge in [-0.1, -0.05) is 42.8 Å². The maximum atomic E-state index is 14.9. The normalized spacial score (nSPS) is 16.4. The van der Waals surface area contributed by atoms with Crippen LogP contribution in [0.1, 0.15) is 51.5 Å². The van der Waals surface area contributed by atoms with Crippen molar-refractivity contribution in [1.82, 2.24) is 0 Å². The molecule has 0 aliphatic heterocycles. The predicted octanol–water partition coefficient (Wildman–Crippen LogP) is 5.13. The topological polar surface area (TPSA) is 86.2 Å². The van der Waals surface area contributed by atoms with Crippen LogP contribution in [0.4, 0.5) is 4.39 Å². The van der Waals surface area contributed by atoms with Gasteiger partial charge in [-0.15, -0.1) is 0 Å². The highest BCUT2D eigenvalue weighted by atomic mass is 32.2. The molecule has 0 radical (unpaired) electrons. The number of rotatable bonds is 4. The fourth-order valence-corrected chi connectivity index (χ4v) is 3.38. The van der Waals surface area contributed by atoms with Crippen molar-refractivity contribution >= 4 is 22.0 Å². The molecule has 0 spiro atoms. The van der Waals surface area contributed by atoms with E-state index in [2.05, 4.69) is 17.3 Å². The Hall–Kier alpha value is -1.41. The minimum absolute atomic E-state index is 0.451. The lowest BCUT2D eigenvalue weighted by atomic mass is 9.81. The Kier molecular flexibility index (Phi) is 8.07. The van der Waals surface area contributed by atoms with E-state index in [1.54, 1.807) is 0 Å². The van der Waals surface area contributed by atoms with Gasteiger partial charge in [-0.05, 0) is 80.3 Å². The predicted molar refractivity (Wildman–Crippen MR) is 116 cm³/mol. The lowest BCUT2D eigenvalue weighted by Crippen LogP contribution is -2.23. The maximum absolute atomic E-state index is 14.9. The average molecular weight is 425 g/mol. The quantitative estimate of drug-likeness (QED) is 0.666. The Balaban J connectivity index is 0.000000345. The average Bonchev–Trinajstić information content (AvgIpc) is 2.68. The number of halogens is 1. The largest absolute Gasteiger partial charge is 0.274 e. The van der Waals surface area contributed by atoms with Crippen LogP contribution in [-0.4, -0.2) is 13.7 Å². The first-order chi connectivity index (χ1) is 13.2. The van der Waals surface area contributed by atoms with E-state index in [-0.39, 0.29) is 0 Å². The van der Waals surface area contributed by atoms with E-state index in [0.29, 0.717) is 12.8 Å². The van der Waals surface area contributed by atoms with Crippen LogP contribution in [0, 0.1) is 0 Å². The molecule has 0 atom stereocenters. The third kappa shape index (κ3) is 6.30. The number of nitrogens with two attached hydrogens (primary N) is 2. The van der Waals surface area contributed by atoms with Crippen molar-refractivity contribution in [2.24, 2.45) is 10.3 Å². The summed E-state index contributed by atoms with van der Waals surface area (Å²) in [5.41, 5.74) is 1.97. The van der Waals surface area contributed by atoms with Gasteiger partial charge in [0.25, 0.3) is 0 Å². The summed E-state index contributed by atoms with van der Waals surface area (Å²) in [6.07, 6.45) is 4.48. The second-order valence-corrected chi connectivity index (χ2v) is 10.2. The molecule has 2 aromatic rings. The minimum atomic E-state index is -3.24. The van der Waals surface area contributed by atoms with Crippen LogP contribution < -0.4 is 10.3 Å². The van der Waals surface area contributed by atoms with E-state index >= 15 is 0 Å². The monoisotopic (exact) mass is 424 g/mol. The van der Waals surface area contributed by atoms with Crippen LogP contribution in [0.15, 0.2) is 53.4 Å². The Morgan fingerprint density at radius 2 is 1.36 bits per heavy atom. The van der Waals surface area contributed by atoms with Gasteiger partial charge in [0.1, 0.15) is 5.67 Å². The molecule has 1 fully saturated rings. The highest BCUT2D eigenvalue weighted by Crippen LogP contribution is 2.41. The van der Waals surface area contributed by atoms with E-state index in [9.17, 15) is 12.8 Å². The zero-order chi connectivity index (χ0) is 20.8. The molecule has 154 valence electrons. The molecule has 0 amide bonds. The van der Waals surface area contributed by atoms with Crippen molar-refractivity contribution in [3.63, 3.8) is 0 Å². The highest BCUT2D eigenvalue weighted by Gasteiger charge is 2.33. The summed E-state index contributed by atoms with van der Waals surface area (Å²) < 4.78 is 35.1. The Morgan fingerprint density at radius 3 is 1.75 bits per heavy atom. The van der Waals surface area contributed by atoms with Crippen LogP contribution in [0.3, 0.4) is 0 Å². The van der Waals surface area contributed by atoms with E-state index in [4.69, 9.17) is 5.14 Å². The first kappa shape index (κ1) is 22.9. The van der Waals surface area contributed by atoms with Crippen LogP contribution >= 0.6 is 11.9 Å². The second-order valence-electron chi connectivity index (χ2n) is 7.38. The molecule has 0 bridgehead atoms. The highest BCUT2D eigenvalue weighted by molar-refractivity contribution is 7.97. The zero-order valence-electron chi connectivity index (χ0n) is 16.4. The summed E-state index contributed by atoms with van der Waals surface area (Å²) in [6.45, 7) is 3.07. The number of benzene rings is 2. The Morgan fingerprint density at radius 1 is 0.929 bits per heavy atom. The van der Waals surface area contributed by atoms with Crippen molar-refractivity contribution in [3.05, 3.63) is 54.1 Å². The molecule has 4 nitrogen and oxygen atoms in total. The van der Waals surface area contributed by atoms with E-state index in [1.165, 1.54) is 25.8 Å². The molecule has 1 saturated carbocycles. The fourth-order valence-electron chi connectivity index (χ4n) is 3.09. The summed E-state index contributed by atoms with van der Waals surface area (Å²) in [5, 5.41) is 9.73. The molecule has 3 rings (SSSR count). The summed E-state index contributed by atoms with van der Waals surface area (Å²) in [5.74, 6) is 0. The summed E-state index contributed by atoms with van der Waals surface area (Å²) in [4.78, 5) is 1.04. The van der Waals surface area contributed by atoms with Gasteiger partial charge in [0.05, 0.1) is 5.25 Å². The van der Waals surface area contributed by atoms with Crippen LogP contribution in [-0.2, 0) is 15.7 Å². The summed E-state index contributed by atoms with van der Waals surface area (Å²) in [7, 11) is -3.24. The summed E-state index contributed by atoms with van der Waals surface area (Å²) in [6, 6.07) is 16.1. The lowest BCUT2D eigenvalue weighted by molar-refractivity contribution is 0.106. The number of sulfonamides is 1. The Bertz CT molecular complexity index is 845. The Labute approximate surface area is 172 Å². The smallest absolute Gasteiger partial charge is 0.211 e. The minimum Gasteiger partial charge on any atom is -0.274 e. The third-order valence-corrected chi connectivity index (χ3v) is 6.89. The van der Waals surface area contributed by atoms with Gasteiger partial charge >= 0.3 is 0 Å². The molecule has 4 N–H and O–H groups in total. The van der Waals surface area contributed by atoms with Gasteiger partial charge in [-0.3, -0.25) is 5.14 Å². The van der Waals surface area contributed by atoms with Gasteiger partial charge in [0, 0.05) is 4.90 Å². The SMILES string of the molecule is CC(C)S(N)(=O)=O.NSc1ccc(-c2ccc(C3(F)CCCCC3)cc2)cc1. The molecule has 2 aromatic carbocycles. The maximum Gasteiger partial charge on any atom is 0.211 e. The van der Waals surface area contributed by atoms with E-state index in [0.717, 1.165) is 40.8 Å². The first-order valence-electron chi connectivity index (χ1n) is 9.44. The second kappa shape index (κ2) is 9.87. The molecule has 7 heteroatoms. The van der Waals surface area contributed by atoms with Crippen molar-refractivity contribution in [2.75, 3.05) is 0 Å².